The number of imide groups is 2. The highest BCUT2D eigenvalue weighted by molar-refractivity contribution is 6.74. The van der Waals surface area contributed by atoms with Crippen LogP contribution in [0.1, 0.15) is 86.6 Å². The van der Waals surface area contributed by atoms with E-state index in [1.807, 2.05) is 0 Å². The lowest BCUT2D eigenvalue weighted by Gasteiger charge is -2.38. The molecular weight excluding hydrogens is 949 g/mol. The Morgan fingerprint density at radius 3 is 1.51 bits per heavy atom. The minimum atomic E-state index is -2.03. The van der Waals surface area contributed by atoms with Gasteiger partial charge in [0.15, 0.2) is 16.6 Å². The fraction of sp³-hybridized carbons (Fsp3) is 0.556. The number of ether oxygens (including phenoxy) is 2. The van der Waals surface area contributed by atoms with Crippen LogP contribution in [0.3, 0.4) is 0 Å². The Labute approximate surface area is 423 Å². The molecule has 380 valence electrons. The van der Waals surface area contributed by atoms with Crippen LogP contribution in [-0.2, 0) is 37.5 Å². The van der Waals surface area contributed by atoms with Crippen molar-refractivity contribution in [3.8, 4) is 6.07 Å². The Bertz CT molecular complexity index is 2830. The van der Waals surface area contributed by atoms with Crippen LogP contribution in [0.2, 0.25) is 36.3 Å². The second-order valence-corrected chi connectivity index (χ2v) is 33.7. The molecule has 6 fully saturated rings. The van der Waals surface area contributed by atoms with E-state index in [0.717, 1.165) is 0 Å². The Morgan fingerprint density at radius 2 is 1.10 bits per heavy atom. The third-order valence-electron chi connectivity index (χ3n) is 18.0. The van der Waals surface area contributed by atoms with Crippen LogP contribution in [0, 0.1) is 41.6 Å². The molecule has 18 heteroatoms. The maximum atomic E-state index is 14.0. The summed E-state index contributed by atoms with van der Waals surface area (Å²) in [5.74, 6) is -4.39. The molecule has 2 aromatic heterocycles. The summed E-state index contributed by atoms with van der Waals surface area (Å²) in [4.78, 5) is 70.3. The molecule has 4 unspecified atom stereocenters. The van der Waals surface area contributed by atoms with Gasteiger partial charge in [0, 0.05) is 49.2 Å². The van der Waals surface area contributed by atoms with Gasteiger partial charge >= 0.3 is 0 Å². The van der Waals surface area contributed by atoms with Crippen molar-refractivity contribution in [1.29, 1.82) is 5.26 Å². The Balaban J connectivity index is 0.000000178. The molecule has 2 aromatic carbocycles. The van der Waals surface area contributed by atoms with E-state index in [1.165, 1.54) is 9.80 Å². The maximum Gasteiger partial charge on any atom is 0.240 e. The second kappa shape index (κ2) is 17.1. The van der Waals surface area contributed by atoms with Gasteiger partial charge in [-0.3, -0.25) is 29.1 Å². The number of aliphatic hydroxyl groups is 2. The van der Waals surface area contributed by atoms with Gasteiger partial charge < -0.3 is 28.5 Å². The normalized spacial score (nSPS) is 31.8. The summed E-state index contributed by atoms with van der Waals surface area (Å²) in [5.41, 5.74) is -1.78. The molecule has 6 saturated heterocycles. The first-order chi connectivity index (χ1) is 33.5. The zero-order chi connectivity index (χ0) is 52.5. The number of hydrogen-bond acceptors (Lipinski definition) is 13. The van der Waals surface area contributed by atoms with Gasteiger partial charge in [-0.05, 0) is 99.4 Å². The molecule has 6 aliphatic heterocycles. The largest absolute Gasteiger partial charge is 0.417 e. The van der Waals surface area contributed by atoms with Crippen molar-refractivity contribution >= 4 is 79.1 Å². The first kappa shape index (κ1) is 51.6. The fourth-order valence-corrected chi connectivity index (χ4v) is 14.1. The summed E-state index contributed by atoms with van der Waals surface area (Å²) in [7, 11) is -4.05. The van der Waals surface area contributed by atoms with Gasteiger partial charge in [0.2, 0.25) is 29.3 Å². The number of benzene rings is 2. The van der Waals surface area contributed by atoms with Crippen molar-refractivity contribution in [3.05, 3.63) is 77.9 Å². The molecule has 0 aliphatic carbocycles. The van der Waals surface area contributed by atoms with E-state index in [-0.39, 0.29) is 46.5 Å². The topological polar surface area (TPSA) is 206 Å². The van der Waals surface area contributed by atoms with Crippen LogP contribution in [0.25, 0.3) is 26.7 Å². The molecule has 4 aromatic rings. The van der Waals surface area contributed by atoms with Gasteiger partial charge in [0.05, 0.1) is 81.6 Å². The number of anilines is 2. The van der Waals surface area contributed by atoms with Crippen LogP contribution >= 0.6 is 0 Å². The average Bonchev–Trinajstić information content (AvgIpc) is 4.06. The van der Waals surface area contributed by atoms with Crippen molar-refractivity contribution in [2.45, 2.75) is 152 Å². The van der Waals surface area contributed by atoms with Gasteiger partial charge in [0.25, 0.3) is 0 Å². The first-order valence-corrected chi connectivity index (χ1v) is 30.7. The Hall–Kier alpha value is -5.29. The van der Waals surface area contributed by atoms with Crippen molar-refractivity contribution in [3.63, 3.8) is 0 Å². The zero-order valence-electron chi connectivity index (χ0n) is 43.3. The highest BCUT2D eigenvalue weighted by Crippen LogP contribution is 2.64. The van der Waals surface area contributed by atoms with Crippen molar-refractivity contribution in [1.82, 2.24) is 9.97 Å². The predicted molar refractivity (Wildman–Crippen MR) is 275 cm³/mol. The van der Waals surface area contributed by atoms with Crippen LogP contribution in [0.4, 0.5) is 17.1 Å². The molecule has 16 nitrogen and oxygen atoms in total. The third-order valence-corrected chi connectivity index (χ3v) is 27.1. The van der Waals surface area contributed by atoms with Crippen LogP contribution in [0.15, 0.2) is 60.9 Å². The minimum Gasteiger partial charge on any atom is -0.417 e. The van der Waals surface area contributed by atoms with E-state index in [4.69, 9.17) is 24.9 Å². The highest BCUT2D eigenvalue weighted by atomic mass is 28.4. The summed E-state index contributed by atoms with van der Waals surface area (Å²) in [5, 5.41) is 32.7. The molecule has 10 atom stereocenters. The van der Waals surface area contributed by atoms with Gasteiger partial charge in [-0.25, -0.2) is 14.6 Å². The van der Waals surface area contributed by atoms with E-state index >= 15 is 0 Å². The van der Waals surface area contributed by atoms with Gasteiger partial charge in [-0.2, -0.15) is 5.26 Å². The monoisotopic (exact) mass is 1010 g/mol. The third kappa shape index (κ3) is 7.54. The Morgan fingerprint density at radius 1 is 0.694 bits per heavy atom. The fourth-order valence-electron chi connectivity index (χ4n) is 12.0. The summed E-state index contributed by atoms with van der Waals surface area (Å²) >= 11 is 0. The standard InChI is InChI=1S/2C27H33N3O5Si/c1-25(2,3)36(6,7)34-14-12-27-15-19(31)26(4,35-27)20-21(27)24(33)30(23(20)32)18-11-10-17(28-5)22-16(18)9-8-13-29-22;1-25(2,3)36(5,6)34-13-11-27-14-19(31)26(4,35-27)20-21(27)24(33)30(23(20)32)18-10-9-16(15-28)22-17(18)8-7-12-29-22/h8-11,13,19-21,31H,12,14-15H2,1-4,6-7H3;7-10,12,19-21,31H,11,13-14H2,1-6H3/t2*19-,20-,21+,26?,27?/m10/s1. The molecule has 0 saturated carbocycles. The zero-order valence-corrected chi connectivity index (χ0v) is 45.3. The number of amides is 4. The minimum absolute atomic E-state index is 0.0358. The number of carbonyl (C=O) groups is 4. The van der Waals surface area contributed by atoms with Crippen molar-refractivity contribution < 1.29 is 47.7 Å². The lowest BCUT2D eigenvalue weighted by atomic mass is 9.66. The van der Waals surface area contributed by atoms with Crippen LogP contribution < -0.4 is 9.80 Å². The molecule has 8 heterocycles. The highest BCUT2D eigenvalue weighted by Gasteiger charge is 2.78. The number of pyridine rings is 2. The number of carbonyl (C=O) groups excluding carboxylic acids is 4. The molecular formula is C54H66N6O10Si2. The molecule has 2 N–H and O–H groups in total. The van der Waals surface area contributed by atoms with E-state index < -0.39 is 74.9 Å². The second-order valence-electron chi connectivity index (χ2n) is 24.1. The number of nitriles is 1. The SMILES string of the molecule is CC12OC(CCO[Si](C)(C)C(C)(C)C)(C[C@@H]1O)[C@H]1C(=O)N(c3ccc(C#N)c4ncccc34)C(=O)[C@H]12.[C-]#[N+]c1ccc(N2C(=O)[C@@H]3[C@H](C2=O)C2(C)OC3(CCO[Si](C)(C)C(C)(C)C)C[C@H]2O)c2cccnc12. The summed E-state index contributed by atoms with van der Waals surface area (Å²) in [6, 6.07) is 15.6. The first-order valence-electron chi connectivity index (χ1n) is 24.9. The van der Waals surface area contributed by atoms with E-state index in [0.29, 0.717) is 70.5 Å². The lowest BCUT2D eigenvalue weighted by molar-refractivity contribution is -0.135. The molecule has 4 bridgehead atoms. The van der Waals surface area contributed by atoms with Crippen molar-refractivity contribution in [2.24, 2.45) is 23.7 Å². The van der Waals surface area contributed by atoms with Crippen molar-refractivity contribution in [2.75, 3.05) is 23.0 Å². The predicted octanol–water partition coefficient (Wildman–Crippen LogP) is 8.51. The molecule has 0 spiro atoms. The molecule has 0 radical (unpaired) electrons. The van der Waals surface area contributed by atoms with E-state index in [9.17, 15) is 34.7 Å². The van der Waals surface area contributed by atoms with Gasteiger partial charge in [0.1, 0.15) is 17.3 Å². The maximum absolute atomic E-state index is 14.0. The number of aromatic nitrogens is 2. The van der Waals surface area contributed by atoms with E-state index in [2.05, 4.69) is 88.6 Å². The quantitative estimate of drug-likeness (QED) is 0.0869. The van der Waals surface area contributed by atoms with Crippen LogP contribution in [-0.4, -0.2) is 108 Å². The molecule has 72 heavy (non-hydrogen) atoms. The van der Waals surface area contributed by atoms with Gasteiger partial charge in [-0.1, -0.05) is 53.7 Å². The summed E-state index contributed by atoms with van der Waals surface area (Å²) in [6.07, 6.45) is 2.89. The smallest absolute Gasteiger partial charge is 0.240 e. The number of aliphatic hydroxyl groups excluding tert-OH is 2. The summed E-state index contributed by atoms with van der Waals surface area (Å²) < 4.78 is 25.7. The molecule has 4 amide bonds. The lowest BCUT2D eigenvalue weighted by Crippen LogP contribution is -2.50. The number of fused-ring (bicyclic) bond motifs is 12. The van der Waals surface area contributed by atoms with E-state index in [1.54, 1.807) is 74.8 Å². The van der Waals surface area contributed by atoms with Crippen LogP contribution in [0.5, 0.6) is 0 Å². The summed E-state index contributed by atoms with van der Waals surface area (Å²) in [6.45, 7) is 33.5. The average molecular weight is 1020 g/mol. The molecule has 6 aliphatic rings. The Kier molecular flexibility index (Phi) is 12.3. The number of rotatable bonds is 10. The number of hydrogen-bond donors (Lipinski definition) is 2. The number of nitrogens with zero attached hydrogens (tertiary/aromatic N) is 6. The molecule has 10 rings (SSSR count). The van der Waals surface area contributed by atoms with Gasteiger partial charge in [-0.15, -0.1) is 0 Å².